The van der Waals surface area contributed by atoms with E-state index in [1.807, 2.05) is 22.7 Å². The molecule has 0 atom stereocenters. The van der Waals surface area contributed by atoms with Crippen LogP contribution in [-0.2, 0) is 17.9 Å². The molecule has 0 fully saturated rings. The Bertz CT molecular complexity index is 2130. The Morgan fingerprint density at radius 2 is 1.09 bits per heavy atom. The predicted molar refractivity (Wildman–Crippen MR) is 212 cm³/mol. The second-order valence-corrected chi connectivity index (χ2v) is 18.5. The van der Waals surface area contributed by atoms with Crippen LogP contribution in [0.4, 0.5) is 0 Å². The van der Waals surface area contributed by atoms with Crippen molar-refractivity contribution in [3.05, 3.63) is 68.4 Å². The molecule has 0 amide bonds. The second kappa shape index (κ2) is 11.9. The number of aryl methyl sites for hydroxylation is 3. The Morgan fingerprint density at radius 3 is 1.68 bits per heavy atom. The van der Waals surface area contributed by atoms with Crippen molar-refractivity contribution in [3.8, 4) is 20.9 Å². The summed E-state index contributed by atoms with van der Waals surface area (Å²) in [7, 11) is 2.34. The number of thiophene rings is 3. The fourth-order valence-electron chi connectivity index (χ4n) is 9.65. The number of fused-ring (bicyclic) bond motifs is 11. The number of hydrogen-bond donors (Lipinski definition) is 0. The number of hydrogen-bond acceptors (Lipinski definition) is 3. The summed E-state index contributed by atoms with van der Waals surface area (Å²) in [6.07, 6.45) is 15.2. The van der Waals surface area contributed by atoms with Gasteiger partial charge in [0.2, 0.25) is 0 Å². The molecule has 246 valence electrons. The van der Waals surface area contributed by atoms with Gasteiger partial charge in [0.25, 0.3) is 0 Å². The lowest BCUT2D eigenvalue weighted by molar-refractivity contribution is 0.415. The first-order chi connectivity index (χ1) is 22.8. The lowest BCUT2D eigenvalue weighted by Gasteiger charge is -2.33. The highest BCUT2D eigenvalue weighted by molar-refractivity contribution is 7.29. The third-order valence-electron chi connectivity index (χ3n) is 11.9. The molecule has 0 bridgehead atoms. The monoisotopic (exact) mass is 677 g/mol. The molecule has 6 aromatic rings. The van der Waals surface area contributed by atoms with E-state index in [-0.39, 0.29) is 10.8 Å². The van der Waals surface area contributed by atoms with E-state index < -0.39 is 0 Å². The molecule has 4 heteroatoms. The van der Waals surface area contributed by atoms with Gasteiger partial charge in [-0.2, -0.15) is 0 Å². The van der Waals surface area contributed by atoms with Gasteiger partial charge in [0, 0.05) is 42.9 Å². The van der Waals surface area contributed by atoms with E-state index in [0.717, 1.165) is 0 Å². The van der Waals surface area contributed by atoms with Gasteiger partial charge in [0.1, 0.15) is 0 Å². The van der Waals surface area contributed by atoms with Crippen LogP contribution in [0, 0.1) is 13.8 Å². The van der Waals surface area contributed by atoms with Crippen LogP contribution in [0.5, 0.6) is 0 Å². The van der Waals surface area contributed by atoms with Crippen molar-refractivity contribution in [1.82, 2.24) is 4.57 Å². The van der Waals surface area contributed by atoms with E-state index in [2.05, 4.69) is 101 Å². The van der Waals surface area contributed by atoms with Crippen LogP contribution in [0.15, 0.2) is 36.4 Å². The van der Waals surface area contributed by atoms with E-state index in [1.54, 1.807) is 43.1 Å². The van der Waals surface area contributed by atoms with Crippen molar-refractivity contribution in [1.29, 1.82) is 0 Å². The van der Waals surface area contributed by atoms with Gasteiger partial charge in [-0.05, 0) is 115 Å². The second-order valence-electron chi connectivity index (χ2n) is 14.9. The average molecular weight is 678 g/mol. The summed E-state index contributed by atoms with van der Waals surface area (Å²) in [6.45, 7) is 14.1. The van der Waals surface area contributed by atoms with Crippen molar-refractivity contribution in [2.24, 2.45) is 7.05 Å². The van der Waals surface area contributed by atoms with Gasteiger partial charge in [0.05, 0.1) is 20.4 Å². The molecule has 0 N–H and O–H groups in total. The van der Waals surface area contributed by atoms with Gasteiger partial charge >= 0.3 is 0 Å². The van der Waals surface area contributed by atoms with Crippen LogP contribution >= 0.6 is 34.0 Å². The Labute approximate surface area is 294 Å². The van der Waals surface area contributed by atoms with Gasteiger partial charge in [-0.1, -0.05) is 79.1 Å². The summed E-state index contributed by atoms with van der Waals surface area (Å²) in [5.41, 5.74) is 12.8. The van der Waals surface area contributed by atoms with Gasteiger partial charge in [-0.15, -0.1) is 34.0 Å². The number of nitrogens with zero attached hydrogens (tertiary/aromatic N) is 1. The normalized spacial score (nSPS) is 15.6. The maximum absolute atomic E-state index is 2.68. The van der Waals surface area contributed by atoms with Crippen LogP contribution in [0.1, 0.15) is 137 Å². The van der Waals surface area contributed by atoms with Crippen LogP contribution in [0.2, 0.25) is 0 Å². The van der Waals surface area contributed by atoms with Crippen molar-refractivity contribution in [2.75, 3.05) is 0 Å². The average Bonchev–Trinajstić information content (AvgIpc) is 3.88. The van der Waals surface area contributed by atoms with Crippen LogP contribution in [0.3, 0.4) is 0 Å². The van der Waals surface area contributed by atoms with Gasteiger partial charge in [0.15, 0.2) is 0 Å². The van der Waals surface area contributed by atoms with Crippen LogP contribution in [0.25, 0.3) is 52.1 Å². The smallest absolute Gasteiger partial charge is 0.0710 e. The van der Waals surface area contributed by atoms with E-state index in [0.29, 0.717) is 0 Å². The van der Waals surface area contributed by atoms with Crippen LogP contribution in [-0.4, -0.2) is 4.57 Å². The fourth-order valence-corrected chi connectivity index (χ4v) is 13.4. The molecule has 0 radical (unpaired) electrons. The van der Waals surface area contributed by atoms with Crippen LogP contribution < -0.4 is 0 Å². The summed E-state index contributed by atoms with van der Waals surface area (Å²) >= 11 is 6.14. The minimum Gasteiger partial charge on any atom is -0.342 e. The zero-order valence-electron chi connectivity index (χ0n) is 29.6. The summed E-state index contributed by atoms with van der Waals surface area (Å²) in [5.74, 6) is 0. The molecule has 4 heterocycles. The Balaban J connectivity index is 1.41. The maximum Gasteiger partial charge on any atom is 0.0710 e. The third-order valence-corrected chi connectivity index (χ3v) is 15.4. The first kappa shape index (κ1) is 31.8. The van der Waals surface area contributed by atoms with Gasteiger partial charge < -0.3 is 4.57 Å². The zero-order chi connectivity index (χ0) is 32.7. The fraction of sp³-hybridized carbons (Fsp3) is 0.488. The number of unbranched alkanes of at least 4 members (excludes halogenated alkanes) is 4. The molecule has 4 aromatic heterocycles. The van der Waals surface area contributed by atoms with E-state index in [4.69, 9.17) is 0 Å². The highest BCUT2D eigenvalue weighted by atomic mass is 32.1. The summed E-state index contributed by atoms with van der Waals surface area (Å²) in [4.78, 5) is 6.02. The molecule has 0 unspecified atom stereocenters. The van der Waals surface area contributed by atoms with Crippen molar-refractivity contribution >= 4 is 65.2 Å². The quantitative estimate of drug-likeness (QED) is 0.121. The van der Waals surface area contributed by atoms with Crippen molar-refractivity contribution in [3.63, 3.8) is 0 Å². The number of benzene rings is 2. The van der Waals surface area contributed by atoms with Gasteiger partial charge in [-0.3, -0.25) is 0 Å². The predicted octanol–water partition coefficient (Wildman–Crippen LogP) is 14.6. The van der Waals surface area contributed by atoms with E-state index in [9.17, 15) is 0 Å². The highest BCUT2D eigenvalue weighted by Gasteiger charge is 2.47. The topological polar surface area (TPSA) is 4.93 Å². The maximum atomic E-state index is 2.68. The van der Waals surface area contributed by atoms with Crippen molar-refractivity contribution < 1.29 is 0 Å². The molecule has 0 saturated heterocycles. The molecule has 47 heavy (non-hydrogen) atoms. The lowest BCUT2D eigenvalue weighted by atomic mass is 9.70. The standard InChI is InChI=1S/C43H51NS3/c1-8-12-16-42(17-13-9-2)32-24-29-23-31-33(25-28(29)22-30(32)38-34(42)20-26(5)45-38)43(18-14-10-3,19-15-11-4)36-37-41(47-39(31)36)40-35(44(37)7)21-27(6)46-40/h20-25H,8-19H2,1-7H3. The molecule has 1 nitrogen and oxygen atoms in total. The molecular weight excluding hydrogens is 627 g/mol. The van der Waals surface area contributed by atoms with E-state index in [1.165, 1.54) is 118 Å². The van der Waals surface area contributed by atoms with Gasteiger partial charge in [-0.25, -0.2) is 0 Å². The largest absolute Gasteiger partial charge is 0.342 e. The summed E-state index contributed by atoms with van der Waals surface area (Å²) in [5, 5.41) is 2.91. The highest BCUT2D eigenvalue weighted by Crippen LogP contribution is 2.63. The summed E-state index contributed by atoms with van der Waals surface area (Å²) in [6, 6.07) is 15.6. The SMILES string of the molecule is CCCCC1(CCCC)c2cc3cc4c(cc3cc2-c2sc(C)cc21)C(CCCC)(CCCC)c1c-4sc2c3sc(C)cc3n(C)c12. The number of rotatable bonds is 12. The number of aromatic nitrogens is 1. The van der Waals surface area contributed by atoms with E-state index >= 15 is 0 Å². The Hall–Kier alpha value is -2.40. The zero-order valence-corrected chi connectivity index (χ0v) is 32.1. The first-order valence-electron chi connectivity index (χ1n) is 18.6. The molecule has 2 aliphatic rings. The molecule has 2 aromatic carbocycles. The molecular formula is C43H51NS3. The Kier molecular flexibility index (Phi) is 8.05. The first-order valence-corrected chi connectivity index (χ1v) is 21.0. The summed E-state index contributed by atoms with van der Waals surface area (Å²) < 4.78 is 5.59. The molecule has 0 spiro atoms. The molecule has 2 aliphatic carbocycles. The molecule has 8 rings (SSSR count). The molecule has 0 aliphatic heterocycles. The molecule has 0 saturated carbocycles. The lowest BCUT2D eigenvalue weighted by Crippen LogP contribution is -2.26. The van der Waals surface area contributed by atoms with Crippen molar-refractivity contribution in [2.45, 2.75) is 129 Å². The Morgan fingerprint density at radius 1 is 0.553 bits per heavy atom. The minimum absolute atomic E-state index is 0.0854. The minimum atomic E-state index is 0.0854. The third kappa shape index (κ3) is 4.49.